The van der Waals surface area contributed by atoms with Crippen LogP contribution in [0.4, 0.5) is 8.78 Å². The lowest BCUT2D eigenvalue weighted by molar-refractivity contribution is 0.579. The minimum atomic E-state index is -0.579. The van der Waals surface area contributed by atoms with Gasteiger partial charge in [0.15, 0.2) is 0 Å². The van der Waals surface area contributed by atoms with E-state index in [1.807, 2.05) is 0 Å². The lowest BCUT2D eigenvalue weighted by Crippen LogP contribution is -2.20. The van der Waals surface area contributed by atoms with Gasteiger partial charge in [-0.15, -0.1) is 0 Å². The molecule has 0 amide bonds. The molecule has 2 aromatic rings. The van der Waals surface area contributed by atoms with E-state index in [0.717, 1.165) is 6.07 Å². The molecule has 0 aliphatic rings. The Hall–Kier alpha value is -1.26. The number of hydrogen-bond donors (Lipinski definition) is 0. The van der Waals surface area contributed by atoms with Crippen molar-refractivity contribution in [2.75, 3.05) is 0 Å². The Morgan fingerprint density at radius 3 is 2.11 bits per heavy atom. The number of hydrogen-bond acceptors (Lipinski definition) is 1. The molecule has 0 N–H and O–H groups in total. The molecule has 2 rings (SSSR count). The van der Waals surface area contributed by atoms with Gasteiger partial charge in [0.1, 0.15) is 17.4 Å². The maximum atomic E-state index is 13.1. The van der Waals surface area contributed by atoms with Crippen molar-refractivity contribution < 1.29 is 13.4 Å². The first kappa shape index (κ1) is 13.2. The van der Waals surface area contributed by atoms with Crippen molar-refractivity contribution in [3.8, 4) is 5.75 Å². The Kier molecular flexibility index (Phi) is 4.09. The largest absolute Gasteiger partial charge is 0.558 e. The molecule has 0 saturated carbocycles. The number of halogens is 4. The molecule has 0 unspecified atom stereocenters. The summed E-state index contributed by atoms with van der Waals surface area (Å²) in [7, 11) is 1.29. The SMILES string of the molecule is Fc1cc([B]Oc2ccc(Cl)c(F)c2)ccc1Cl. The summed E-state index contributed by atoms with van der Waals surface area (Å²) in [5, 5.41) is 0.0459. The van der Waals surface area contributed by atoms with E-state index in [4.69, 9.17) is 27.9 Å². The van der Waals surface area contributed by atoms with Crippen molar-refractivity contribution in [2.45, 2.75) is 0 Å². The molecular formula is C12H6BCl2F2O. The van der Waals surface area contributed by atoms with Crippen LogP contribution < -0.4 is 10.1 Å². The summed E-state index contributed by atoms with van der Waals surface area (Å²) < 4.78 is 31.4. The summed E-state index contributed by atoms with van der Waals surface area (Å²) in [6.45, 7) is 0. The van der Waals surface area contributed by atoms with E-state index in [9.17, 15) is 8.78 Å². The van der Waals surface area contributed by atoms with Gasteiger partial charge in [0.2, 0.25) is 0 Å². The van der Waals surface area contributed by atoms with E-state index in [0.29, 0.717) is 5.46 Å². The molecule has 0 fully saturated rings. The van der Waals surface area contributed by atoms with Crippen LogP contribution >= 0.6 is 23.2 Å². The fraction of sp³-hybridized carbons (Fsp3) is 0. The molecule has 91 valence electrons. The van der Waals surface area contributed by atoms with Crippen molar-refractivity contribution in [1.29, 1.82) is 0 Å². The molecule has 18 heavy (non-hydrogen) atoms. The molecule has 0 aliphatic carbocycles. The van der Waals surface area contributed by atoms with Crippen LogP contribution in [0.5, 0.6) is 5.75 Å². The minimum Gasteiger partial charge on any atom is -0.558 e. The van der Waals surface area contributed by atoms with E-state index >= 15 is 0 Å². The highest BCUT2D eigenvalue weighted by molar-refractivity contribution is 6.48. The van der Waals surface area contributed by atoms with Crippen LogP contribution in [0.25, 0.3) is 0 Å². The smallest absolute Gasteiger partial charge is 0.408 e. The van der Waals surface area contributed by atoms with Crippen LogP contribution in [0.15, 0.2) is 36.4 Å². The first-order chi connectivity index (χ1) is 8.56. The molecule has 1 radical (unpaired) electrons. The highest BCUT2D eigenvalue weighted by atomic mass is 35.5. The summed E-state index contributed by atoms with van der Waals surface area (Å²) in [5.74, 6) is -0.853. The molecule has 0 atom stereocenters. The average Bonchev–Trinajstić information content (AvgIpc) is 2.35. The van der Waals surface area contributed by atoms with Crippen LogP contribution in [0.3, 0.4) is 0 Å². The maximum Gasteiger partial charge on any atom is 0.408 e. The van der Waals surface area contributed by atoms with E-state index in [1.54, 1.807) is 6.07 Å². The summed E-state index contributed by atoms with van der Waals surface area (Å²) in [4.78, 5) is 0. The third kappa shape index (κ3) is 3.15. The molecule has 6 heteroatoms. The average molecular weight is 286 g/mol. The Balaban J connectivity index is 2.06. The van der Waals surface area contributed by atoms with Gasteiger partial charge in [-0.2, -0.15) is 0 Å². The van der Waals surface area contributed by atoms with Crippen molar-refractivity contribution in [3.05, 3.63) is 58.1 Å². The quantitative estimate of drug-likeness (QED) is 0.783. The fourth-order valence-electron chi connectivity index (χ4n) is 1.27. The van der Waals surface area contributed by atoms with Crippen LogP contribution in [0.1, 0.15) is 0 Å². The molecule has 2 aromatic carbocycles. The van der Waals surface area contributed by atoms with E-state index in [2.05, 4.69) is 0 Å². The highest BCUT2D eigenvalue weighted by Crippen LogP contribution is 2.20. The van der Waals surface area contributed by atoms with E-state index in [-0.39, 0.29) is 15.8 Å². The summed E-state index contributed by atoms with van der Waals surface area (Å²) >= 11 is 11.1. The highest BCUT2D eigenvalue weighted by Gasteiger charge is 2.06. The first-order valence-corrected chi connectivity index (χ1v) is 5.72. The minimum absolute atomic E-state index is 0.0138. The Bertz CT molecular complexity index is 526. The van der Waals surface area contributed by atoms with E-state index in [1.165, 1.54) is 31.7 Å². The second-order valence-corrected chi connectivity index (χ2v) is 4.30. The Morgan fingerprint density at radius 1 is 0.889 bits per heavy atom. The van der Waals surface area contributed by atoms with Crippen LogP contribution in [-0.4, -0.2) is 7.48 Å². The Labute approximate surface area is 114 Å². The number of benzene rings is 2. The second kappa shape index (κ2) is 5.59. The maximum absolute atomic E-state index is 13.1. The third-order valence-electron chi connectivity index (χ3n) is 2.17. The third-order valence-corrected chi connectivity index (χ3v) is 2.78. The van der Waals surface area contributed by atoms with Gasteiger partial charge in [-0.05, 0) is 29.7 Å². The van der Waals surface area contributed by atoms with Crippen LogP contribution in [0, 0.1) is 11.6 Å². The van der Waals surface area contributed by atoms with Crippen LogP contribution in [0.2, 0.25) is 10.0 Å². The van der Waals surface area contributed by atoms with Crippen LogP contribution in [-0.2, 0) is 0 Å². The fourth-order valence-corrected chi connectivity index (χ4v) is 1.51. The molecule has 0 aromatic heterocycles. The van der Waals surface area contributed by atoms with Crippen molar-refractivity contribution in [2.24, 2.45) is 0 Å². The molecule has 0 spiro atoms. The predicted octanol–water partition coefficient (Wildman–Crippen LogP) is 3.60. The summed E-state index contributed by atoms with van der Waals surface area (Å²) in [5.41, 5.74) is 0.479. The molecule has 0 bridgehead atoms. The standard InChI is InChI=1S/C12H6BCl2F2O/c14-9-3-1-7(5-11(9)16)13-18-8-2-4-10(15)12(17)6-8/h1-6H. The van der Waals surface area contributed by atoms with Gasteiger partial charge in [0.05, 0.1) is 10.0 Å². The Morgan fingerprint density at radius 2 is 1.50 bits per heavy atom. The van der Waals surface area contributed by atoms with Crippen molar-refractivity contribution >= 4 is 36.1 Å². The zero-order valence-electron chi connectivity index (χ0n) is 8.96. The lowest BCUT2D eigenvalue weighted by Gasteiger charge is -2.06. The van der Waals surface area contributed by atoms with Gasteiger partial charge < -0.3 is 4.65 Å². The summed E-state index contributed by atoms with van der Waals surface area (Å²) in [6.07, 6.45) is 0. The normalized spacial score (nSPS) is 10.2. The van der Waals surface area contributed by atoms with Gasteiger partial charge in [-0.3, -0.25) is 0 Å². The first-order valence-electron chi connectivity index (χ1n) is 4.96. The van der Waals surface area contributed by atoms with Gasteiger partial charge in [-0.25, -0.2) is 8.78 Å². The zero-order chi connectivity index (χ0) is 13.1. The van der Waals surface area contributed by atoms with Gasteiger partial charge in [0, 0.05) is 6.07 Å². The molecule has 0 aliphatic heterocycles. The van der Waals surface area contributed by atoms with Crippen molar-refractivity contribution in [3.63, 3.8) is 0 Å². The predicted molar refractivity (Wildman–Crippen MR) is 68.8 cm³/mol. The molecular weight excluding hydrogens is 280 g/mol. The lowest BCUT2D eigenvalue weighted by atomic mass is 9.88. The number of rotatable bonds is 3. The summed E-state index contributed by atoms with van der Waals surface area (Å²) in [6, 6.07) is 8.24. The molecule has 1 nitrogen and oxygen atoms in total. The van der Waals surface area contributed by atoms with Gasteiger partial charge in [0.25, 0.3) is 0 Å². The molecule has 0 saturated heterocycles. The zero-order valence-corrected chi connectivity index (χ0v) is 10.5. The monoisotopic (exact) mass is 285 g/mol. The second-order valence-electron chi connectivity index (χ2n) is 3.49. The van der Waals surface area contributed by atoms with Gasteiger partial charge >= 0.3 is 7.48 Å². The topological polar surface area (TPSA) is 9.23 Å². The van der Waals surface area contributed by atoms with Crippen molar-refractivity contribution in [1.82, 2.24) is 0 Å². The van der Waals surface area contributed by atoms with Gasteiger partial charge in [-0.1, -0.05) is 29.3 Å². The van der Waals surface area contributed by atoms with E-state index < -0.39 is 11.6 Å². The molecule has 0 heterocycles.